The van der Waals surface area contributed by atoms with Gasteiger partial charge in [0.1, 0.15) is 0 Å². The Morgan fingerprint density at radius 1 is 1.06 bits per heavy atom. The zero-order chi connectivity index (χ0) is 12.3. The standard InChI is InChI=1S/C10H15NO5/c1-4-5-6(12)11-7(9(13)15-2)8(11)10(14)16-3/h7-8H,4-5H2,1-3H3/t7-,8-/m1/s1. The highest BCUT2D eigenvalue weighted by Gasteiger charge is 2.61. The predicted octanol–water partition coefficient (Wildman–Crippen LogP) is -0.288. The van der Waals surface area contributed by atoms with Crippen molar-refractivity contribution in [1.29, 1.82) is 0 Å². The second kappa shape index (κ2) is 4.96. The predicted molar refractivity (Wildman–Crippen MR) is 53.4 cm³/mol. The van der Waals surface area contributed by atoms with E-state index >= 15 is 0 Å². The molecule has 90 valence electrons. The van der Waals surface area contributed by atoms with Crippen molar-refractivity contribution < 1.29 is 23.9 Å². The average molecular weight is 229 g/mol. The van der Waals surface area contributed by atoms with Crippen LogP contribution in [0.4, 0.5) is 0 Å². The Labute approximate surface area is 93.5 Å². The Morgan fingerprint density at radius 3 is 1.81 bits per heavy atom. The Morgan fingerprint density at radius 2 is 1.50 bits per heavy atom. The Hall–Kier alpha value is -1.59. The van der Waals surface area contributed by atoms with E-state index in [2.05, 4.69) is 9.47 Å². The minimum atomic E-state index is -0.809. The number of carbonyl (C=O) groups is 3. The molecule has 1 aliphatic rings. The Bertz CT molecular complexity index is 292. The summed E-state index contributed by atoms with van der Waals surface area (Å²) in [7, 11) is 2.44. The number of amides is 1. The first-order valence-corrected chi connectivity index (χ1v) is 5.05. The van der Waals surface area contributed by atoms with Gasteiger partial charge in [-0.1, -0.05) is 6.92 Å². The van der Waals surface area contributed by atoms with E-state index in [1.54, 1.807) is 0 Å². The number of carbonyl (C=O) groups excluding carboxylic acids is 3. The van der Waals surface area contributed by atoms with E-state index < -0.39 is 24.0 Å². The maximum Gasteiger partial charge on any atom is 0.331 e. The van der Waals surface area contributed by atoms with Crippen molar-refractivity contribution >= 4 is 17.8 Å². The summed E-state index contributed by atoms with van der Waals surface area (Å²) in [6.07, 6.45) is 0.970. The van der Waals surface area contributed by atoms with Crippen LogP contribution in [0.15, 0.2) is 0 Å². The molecule has 6 heteroatoms. The van der Waals surface area contributed by atoms with Crippen LogP contribution in [0.5, 0.6) is 0 Å². The molecule has 0 aromatic rings. The summed E-state index contributed by atoms with van der Waals surface area (Å²) in [6.45, 7) is 1.85. The molecule has 1 amide bonds. The van der Waals surface area contributed by atoms with Crippen LogP contribution < -0.4 is 0 Å². The molecule has 0 radical (unpaired) electrons. The smallest absolute Gasteiger partial charge is 0.331 e. The first-order valence-electron chi connectivity index (χ1n) is 5.05. The van der Waals surface area contributed by atoms with E-state index in [9.17, 15) is 14.4 Å². The average Bonchev–Trinajstić information content (AvgIpc) is 3.02. The number of methoxy groups -OCH3 is 2. The highest BCUT2D eigenvalue weighted by molar-refractivity contribution is 6.00. The van der Waals surface area contributed by atoms with Crippen LogP contribution in [0, 0.1) is 0 Å². The summed E-state index contributed by atoms with van der Waals surface area (Å²) in [6, 6.07) is -1.62. The van der Waals surface area contributed by atoms with Crippen molar-refractivity contribution in [2.24, 2.45) is 0 Å². The Balaban J connectivity index is 2.72. The summed E-state index contributed by atoms with van der Waals surface area (Å²) >= 11 is 0. The maximum absolute atomic E-state index is 11.6. The third kappa shape index (κ3) is 2.15. The molecule has 0 saturated carbocycles. The van der Waals surface area contributed by atoms with Gasteiger partial charge in [0.15, 0.2) is 12.1 Å². The van der Waals surface area contributed by atoms with E-state index in [4.69, 9.17) is 0 Å². The second-order valence-corrected chi connectivity index (χ2v) is 3.49. The molecule has 1 heterocycles. The lowest BCUT2D eigenvalue weighted by molar-refractivity contribution is -0.144. The maximum atomic E-state index is 11.6. The molecule has 0 bridgehead atoms. The summed E-state index contributed by atoms with van der Waals surface area (Å²) in [4.78, 5) is 35.4. The van der Waals surface area contributed by atoms with E-state index in [0.717, 1.165) is 0 Å². The minimum absolute atomic E-state index is 0.228. The molecule has 1 fully saturated rings. The molecule has 6 nitrogen and oxygen atoms in total. The first kappa shape index (κ1) is 12.5. The van der Waals surface area contributed by atoms with Crippen molar-refractivity contribution in [2.45, 2.75) is 31.8 Å². The van der Waals surface area contributed by atoms with Crippen molar-refractivity contribution in [3.63, 3.8) is 0 Å². The molecule has 0 aromatic heterocycles. The quantitative estimate of drug-likeness (QED) is 0.489. The van der Waals surface area contributed by atoms with Crippen LogP contribution in [-0.2, 0) is 23.9 Å². The van der Waals surface area contributed by atoms with E-state index in [0.29, 0.717) is 12.8 Å². The normalized spacial score (nSPS) is 22.6. The van der Waals surface area contributed by atoms with Gasteiger partial charge in [-0.15, -0.1) is 0 Å². The van der Waals surface area contributed by atoms with Gasteiger partial charge in [0.05, 0.1) is 14.2 Å². The molecule has 0 spiro atoms. The summed E-state index contributed by atoms with van der Waals surface area (Å²) in [5.41, 5.74) is 0. The fourth-order valence-electron chi connectivity index (χ4n) is 1.61. The van der Waals surface area contributed by atoms with Crippen LogP contribution >= 0.6 is 0 Å². The molecule has 0 N–H and O–H groups in total. The van der Waals surface area contributed by atoms with Crippen molar-refractivity contribution in [3.05, 3.63) is 0 Å². The number of esters is 2. The third-order valence-electron chi connectivity index (χ3n) is 2.45. The lowest BCUT2D eigenvalue weighted by atomic mass is 10.3. The number of ether oxygens (including phenoxy) is 2. The van der Waals surface area contributed by atoms with Gasteiger partial charge in [0.2, 0.25) is 5.91 Å². The molecular weight excluding hydrogens is 214 g/mol. The fourth-order valence-corrected chi connectivity index (χ4v) is 1.61. The van der Waals surface area contributed by atoms with Gasteiger partial charge in [-0.25, -0.2) is 9.59 Å². The molecule has 1 saturated heterocycles. The fraction of sp³-hybridized carbons (Fsp3) is 0.700. The summed E-state index contributed by atoms with van der Waals surface area (Å²) < 4.78 is 9.03. The first-order chi connectivity index (χ1) is 7.58. The molecule has 0 aliphatic carbocycles. The number of rotatable bonds is 4. The van der Waals surface area contributed by atoms with Crippen LogP contribution in [0.2, 0.25) is 0 Å². The van der Waals surface area contributed by atoms with Gasteiger partial charge in [-0.2, -0.15) is 0 Å². The number of hydrogen-bond donors (Lipinski definition) is 0. The molecule has 2 atom stereocenters. The van der Waals surface area contributed by atoms with Gasteiger partial charge in [0.25, 0.3) is 0 Å². The van der Waals surface area contributed by atoms with Gasteiger partial charge < -0.3 is 14.4 Å². The van der Waals surface area contributed by atoms with Crippen LogP contribution in [0.3, 0.4) is 0 Å². The molecule has 1 rings (SSSR count). The van der Waals surface area contributed by atoms with Crippen molar-refractivity contribution in [1.82, 2.24) is 4.90 Å². The highest BCUT2D eigenvalue weighted by atomic mass is 16.5. The van der Waals surface area contributed by atoms with Gasteiger partial charge >= 0.3 is 11.9 Å². The third-order valence-corrected chi connectivity index (χ3v) is 2.45. The lowest BCUT2D eigenvalue weighted by Gasteiger charge is -2.01. The van der Waals surface area contributed by atoms with Gasteiger partial charge in [0, 0.05) is 6.42 Å². The van der Waals surface area contributed by atoms with E-state index in [1.807, 2.05) is 6.92 Å². The monoisotopic (exact) mass is 229 g/mol. The summed E-state index contributed by atoms with van der Waals surface area (Å²) in [5.74, 6) is -1.40. The van der Waals surface area contributed by atoms with Crippen molar-refractivity contribution in [2.75, 3.05) is 14.2 Å². The molecular formula is C10H15NO5. The van der Waals surface area contributed by atoms with Gasteiger partial charge in [-0.3, -0.25) is 4.79 Å². The molecule has 0 unspecified atom stereocenters. The summed E-state index contributed by atoms with van der Waals surface area (Å²) in [5, 5.41) is 0. The molecule has 16 heavy (non-hydrogen) atoms. The zero-order valence-electron chi connectivity index (χ0n) is 9.56. The molecule has 1 aliphatic heterocycles. The minimum Gasteiger partial charge on any atom is -0.467 e. The number of hydrogen-bond acceptors (Lipinski definition) is 5. The zero-order valence-corrected chi connectivity index (χ0v) is 9.56. The molecule has 0 aromatic carbocycles. The Kier molecular flexibility index (Phi) is 3.87. The van der Waals surface area contributed by atoms with Gasteiger partial charge in [-0.05, 0) is 6.42 Å². The van der Waals surface area contributed by atoms with E-state index in [1.165, 1.54) is 19.1 Å². The van der Waals surface area contributed by atoms with Crippen LogP contribution in [0.1, 0.15) is 19.8 Å². The SMILES string of the molecule is CCCC(=O)N1[C@@H](C(=O)OC)[C@@H]1C(=O)OC. The topological polar surface area (TPSA) is 72.7 Å². The number of nitrogens with zero attached hydrogens (tertiary/aromatic N) is 1. The van der Waals surface area contributed by atoms with E-state index in [-0.39, 0.29) is 5.91 Å². The van der Waals surface area contributed by atoms with Crippen LogP contribution in [0.25, 0.3) is 0 Å². The second-order valence-electron chi connectivity index (χ2n) is 3.49. The van der Waals surface area contributed by atoms with Crippen LogP contribution in [-0.4, -0.2) is 49.0 Å². The highest BCUT2D eigenvalue weighted by Crippen LogP contribution is 2.31. The van der Waals surface area contributed by atoms with Crippen molar-refractivity contribution in [3.8, 4) is 0 Å². The largest absolute Gasteiger partial charge is 0.467 e. The lowest BCUT2D eigenvalue weighted by Crippen LogP contribution is -2.19.